The summed E-state index contributed by atoms with van der Waals surface area (Å²) in [4.78, 5) is -0.137. The zero-order chi connectivity index (χ0) is 19.0. The molecule has 0 fully saturated rings. The largest absolute Gasteiger partial charge is 0.416 e. The molecule has 0 aromatic heterocycles. The quantitative estimate of drug-likeness (QED) is 0.661. The highest BCUT2D eigenvalue weighted by Gasteiger charge is 2.35. The van der Waals surface area contributed by atoms with Crippen LogP contribution in [-0.4, -0.2) is 14.6 Å². The minimum absolute atomic E-state index is 0.137. The number of hydrogen-bond donors (Lipinski definition) is 1. The van der Waals surface area contributed by atoms with Crippen LogP contribution in [0.3, 0.4) is 0 Å². The van der Waals surface area contributed by atoms with Gasteiger partial charge in [-0.3, -0.25) is 4.72 Å². The van der Waals surface area contributed by atoms with Crippen LogP contribution in [0.5, 0.6) is 0 Å². The first-order valence-corrected chi connectivity index (χ1v) is 9.04. The summed E-state index contributed by atoms with van der Waals surface area (Å²) in [5.74, 6) is -0.973. The maximum atomic E-state index is 13.7. The molecule has 0 bridgehead atoms. The van der Waals surface area contributed by atoms with Crippen LogP contribution in [0, 0.1) is 12.7 Å². The van der Waals surface area contributed by atoms with Crippen molar-refractivity contribution in [3.8, 4) is 0 Å². The zero-order valence-electron chi connectivity index (χ0n) is 12.8. The molecule has 3 nitrogen and oxygen atoms in total. The molecule has 2 aromatic carbocycles. The molecule has 134 valence electrons. The van der Waals surface area contributed by atoms with E-state index in [0.29, 0.717) is 6.07 Å². The molecule has 0 radical (unpaired) electrons. The molecule has 0 aliphatic carbocycles. The van der Waals surface area contributed by atoms with Crippen molar-refractivity contribution in [1.82, 2.24) is 0 Å². The summed E-state index contributed by atoms with van der Waals surface area (Å²) in [6, 6.07) is 7.22. The minimum Gasteiger partial charge on any atom is -0.279 e. The average Bonchev–Trinajstić information content (AvgIpc) is 2.49. The van der Waals surface area contributed by atoms with Crippen LogP contribution in [0.15, 0.2) is 52.3 Å². The van der Waals surface area contributed by atoms with E-state index < -0.39 is 38.8 Å². The molecule has 0 saturated heterocycles. The Kier molecular flexibility index (Phi) is 5.29. The van der Waals surface area contributed by atoms with E-state index in [-0.39, 0.29) is 9.37 Å². The lowest BCUT2D eigenvalue weighted by Gasteiger charge is -2.17. The highest BCUT2D eigenvalue weighted by atomic mass is 79.9. The van der Waals surface area contributed by atoms with Crippen molar-refractivity contribution in [3.63, 3.8) is 0 Å². The molecule has 1 N–H and O–H groups in total. The smallest absolute Gasteiger partial charge is 0.279 e. The second-order valence-corrected chi connectivity index (χ2v) is 7.74. The average molecular weight is 438 g/mol. The Bertz CT molecular complexity index is 922. The summed E-state index contributed by atoms with van der Waals surface area (Å²) in [7, 11) is -4.16. The topological polar surface area (TPSA) is 46.2 Å². The van der Waals surface area contributed by atoms with Gasteiger partial charge in [0.1, 0.15) is 5.82 Å². The van der Waals surface area contributed by atoms with Crippen LogP contribution in [0.4, 0.5) is 23.2 Å². The van der Waals surface area contributed by atoms with Crippen molar-refractivity contribution in [3.05, 3.63) is 64.4 Å². The minimum atomic E-state index is -4.84. The first kappa shape index (κ1) is 19.5. The lowest BCUT2D eigenvalue weighted by molar-refractivity contribution is -0.0686. The van der Waals surface area contributed by atoms with E-state index in [1.54, 1.807) is 19.1 Å². The fraction of sp³-hybridized carbons (Fsp3) is 0.125. The Morgan fingerprint density at radius 3 is 2.24 bits per heavy atom. The van der Waals surface area contributed by atoms with Crippen LogP contribution >= 0.6 is 15.9 Å². The molecule has 0 atom stereocenters. The number of hydrogen-bond acceptors (Lipinski definition) is 2. The van der Waals surface area contributed by atoms with Crippen molar-refractivity contribution < 1.29 is 26.0 Å². The van der Waals surface area contributed by atoms with Crippen LogP contribution in [0.25, 0.3) is 5.57 Å². The summed E-state index contributed by atoms with van der Waals surface area (Å²) in [5.41, 5.74) is -1.67. The molecule has 0 unspecified atom stereocenters. The normalized spacial score (nSPS) is 12.1. The highest BCUT2D eigenvalue weighted by Crippen LogP contribution is 2.38. The molecule has 0 aliphatic rings. The van der Waals surface area contributed by atoms with Crippen LogP contribution in [0.1, 0.15) is 11.1 Å². The number of anilines is 1. The van der Waals surface area contributed by atoms with Gasteiger partial charge in [-0.2, -0.15) is 13.2 Å². The Morgan fingerprint density at radius 1 is 1.16 bits per heavy atom. The molecule has 0 heterocycles. The maximum Gasteiger partial charge on any atom is 0.416 e. The van der Waals surface area contributed by atoms with E-state index >= 15 is 0 Å². The van der Waals surface area contributed by atoms with Crippen LogP contribution in [-0.2, 0) is 10.0 Å². The maximum absolute atomic E-state index is 13.7. The van der Waals surface area contributed by atoms with Gasteiger partial charge in [0.05, 0.1) is 20.6 Å². The van der Waals surface area contributed by atoms with Gasteiger partial charge in [-0.25, -0.2) is 12.8 Å². The predicted octanol–water partition coefficient (Wildman–Crippen LogP) is 5.27. The van der Waals surface area contributed by atoms with E-state index in [4.69, 9.17) is 0 Å². The second kappa shape index (κ2) is 6.80. The van der Waals surface area contributed by atoms with Crippen molar-refractivity contribution in [2.75, 3.05) is 4.72 Å². The number of aryl methyl sites for hydroxylation is 1. The van der Waals surface area contributed by atoms with Gasteiger partial charge in [0.2, 0.25) is 0 Å². The number of halogens is 5. The fourth-order valence-corrected chi connectivity index (χ4v) is 3.37. The lowest BCUT2D eigenvalue weighted by Crippen LogP contribution is -2.17. The molecule has 0 amide bonds. The predicted molar refractivity (Wildman–Crippen MR) is 91.2 cm³/mol. The summed E-state index contributed by atoms with van der Waals surface area (Å²) < 4.78 is 79.2. The Labute approximate surface area is 150 Å². The number of sulfonamides is 1. The summed E-state index contributed by atoms with van der Waals surface area (Å²) in [6.45, 7) is 4.66. The fourth-order valence-electron chi connectivity index (χ4n) is 1.95. The van der Waals surface area contributed by atoms with Gasteiger partial charge in [0, 0.05) is 5.56 Å². The van der Waals surface area contributed by atoms with Gasteiger partial charge < -0.3 is 0 Å². The molecule has 9 heteroatoms. The van der Waals surface area contributed by atoms with Crippen molar-refractivity contribution in [2.24, 2.45) is 0 Å². The molecule has 0 spiro atoms. The summed E-state index contributed by atoms with van der Waals surface area (Å²) >= 11 is 2.83. The van der Waals surface area contributed by atoms with E-state index in [2.05, 4.69) is 27.2 Å². The Balaban J connectivity index is 2.53. The van der Waals surface area contributed by atoms with Crippen LogP contribution < -0.4 is 4.72 Å². The highest BCUT2D eigenvalue weighted by molar-refractivity contribution is 9.10. The summed E-state index contributed by atoms with van der Waals surface area (Å²) in [5, 5.41) is 0. The van der Waals surface area contributed by atoms with Gasteiger partial charge in [0.25, 0.3) is 10.0 Å². The van der Waals surface area contributed by atoms with Gasteiger partial charge in [0.15, 0.2) is 0 Å². The Hall–Kier alpha value is -1.87. The van der Waals surface area contributed by atoms with Gasteiger partial charge in [-0.05, 0) is 47.1 Å². The molecule has 2 aromatic rings. The Morgan fingerprint density at radius 2 is 1.72 bits per heavy atom. The molecule has 25 heavy (non-hydrogen) atoms. The van der Waals surface area contributed by atoms with E-state index in [1.807, 2.05) is 0 Å². The standard InChI is InChI=1S/C16H12BrF4NO2S/c1-9-3-5-11(6-4-9)25(23,24)22-15-8-13(17)14(18)7-12(15)10(2)16(19,20)21/h3-8,22H,2H2,1H3. The molecule has 2 rings (SSSR count). The van der Waals surface area contributed by atoms with Gasteiger partial charge in [-0.15, -0.1) is 0 Å². The van der Waals surface area contributed by atoms with E-state index in [1.165, 1.54) is 12.1 Å². The van der Waals surface area contributed by atoms with Crippen molar-refractivity contribution in [2.45, 2.75) is 18.0 Å². The number of rotatable bonds is 4. The van der Waals surface area contributed by atoms with Crippen LogP contribution in [0.2, 0.25) is 0 Å². The van der Waals surface area contributed by atoms with Gasteiger partial charge in [-0.1, -0.05) is 24.3 Å². The number of nitrogens with one attached hydrogen (secondary N) is 1. The number of allylic oxidation sites excluding steroid dienone is 1. The number of benzene rings is 2. The first-order chi connectivity index (χ1) is 11.4. The lowest BCUT2D eigenvalue weighted by atomic mass is 10.1. The van der Waals surface area contributed by atoms with Gasteiger partial charge >= 0.3 is 6.18 Å². The zero-order valence-corrected chi connectivity index (χ0v) is 15.2. The molecular formula is C16H12BrF4NO2S. The molecule has 0 saturated carbocycles. The van der Waals surface area contributed by atoms with E-state index in [0.717, 1.165) is 11.6 Å². The van der Waals surface area contributed by atoms with Crippen molar-refractivity contribution in [1.29, 1.82) is 0 Å². The van der Waals surface area contributed by atoms with Crippen molar-refractivity contribution >= 4 is 37.2 Å². The third-order valence-electron chi connectivity index (χ3n) is 3.30. The first-order valence-electron chi connectivity index (χ1n) is 6.77. The molecular weight excluding hydrogens is 426 g/mol. The number of alkyl halides is 3. The SMILES string of the molecule is C=C(c1cc(F)c(Br)cc1NS(=O)(=O)c1ccc(C)cc1)C(F)(F)F. The third kappa shape index (κ3) is 4.40. The monoisotopic (exact) mass is 437 g/mol. The second-order valence-electron chi connectivity index (χ2n) is 5.21. The molecule has 0 aliphatic heterocycles. The van der Waals surface area contributed by atoms with E-state index in [9.17, 15) is 26.0 Å². The summed E-state index contributed by atoms with van der Waals surface area (Å²) in [6.07, 6.45) is -4.84. The third-order valence-corrected chi connectivity index (χ3v) is 5.29.